The van der Waals surface area contributed by atoms with Crippen molar-refractivity contribution in [3.63, 3.8) is 0 Å². The molecule has 2 fully saturated rings. The molecule has 15 heteroatoms. The second kappa shape index (κ2) is 18.7. The Morgan fingerprint density at radius 3 is 2.20 bits per heavy atom. The fourth-order valence-electron chi connectivity index (χ4n) is 8.04. The first kappa shape index (κ1) is 45.3. The molecule has 2 heterocycles. The minimum atomic E-state index is -2.03. The Morgan fingerprint density at radius 1 is 1.06 bits per heavy atom. The summed E-state index contributed by atoms with van der Waals surface area (Å²) in [5, 5.41) is 45.8. The van der Waals surface area contributed by atoms with Crippen molar-refractivity contribution in [1.29, 1.82) is 0 Å². The molecule has 1 aromatic carbocycles. The van der Waals surface area contributed by atoms with Gasteiger partial charge in [-0.3, -0.25) is 24.5 Å². The highest BCUT2D eigenvalue weighted by Gasteiger charge is 2.53. The van der Waals surface area contributed by atoms with Crippen LogP contribution >= 0.6 is 0 Å². The number of methoxy groups -OCH3 is 1. The number of ether oxygens (including phenoxy) is 5. The Balaban J connectivity index is 2.18. The van der Waals surface area contributed by atoms with Crippen molar-refractivity contribution in [3.8, 4) is 0 Å². The monoisotopic (exact) mass is 766 g/mol. The largest absolute Gasteiger partial charge is 0.461 e. The van der Waals surface area contributed by atoms with Gasteiger partial charge in [0.15, 0.2) is 6.29 Å². The minimum absolute atomic E-state index is 0.0344. The number of nitrogens with zero attached hydrogens (tertiary/aromatic N) is 2. The van der Waals surface area contributed by atoms with Gasteiger partial charge in [-0.15, -0.1) is 0 Å². The average molecular weight is 767 g/mol. The summed E-state index contributed by atoms with van der Waals surface area (Å²) in [5.74, 6) is -5.85. The molecule has 3 N–H and O–H groups in total. The van der Waals surface area contributed by atoms with Crippen LogP contribution in [-0.4, -0.2) is 124 Å². The van der Waals surface area contributed by atoms with Crippen LogP contribution in [0, 0.1) is 33.8 Å². The predicted molar refractivity (Wildman–Crippen MR) is 197 cm³/mol. The number of aliphatic hydroxyl groups is 3. The summed E-state index contributed by atoms with van der Waals surface area (Å²) in [6, 6.07) is 5.10. The van der Waals surface area contributed by atoms with Gasteiger partial charge in [-0.2, -0.15) is 0 Å². The van der Waals surface area contributed by atoms with E-state index >= 15 is 0 Å². The number of cyclic esters (lactones) is 1. The van der Waals surface area contributed by atoms with Crippen molar-refractivity contribution in [2.45, 2.75) is 148 Å². The van der Waals surface area contributed by atoms with Gasteiger partial charge in [0.1, 0.15) is 29.7 Å². The minimum Gasteiger partial charge on any atom is -0.461 e. The number of Topliss-reactive ketones (excluding diaryl/α,β-unsaturated/α-hetero) is 1. The third kappa shape index (κ3) is 10.2. The lowest BCUT2D eigenvalue weighted by Gasteiger charge is -2.48. The van der Waals surface area contributed by atoms with Crippen LogP contribution in [0.3, 0.4) is 0 Å². The summed E-state index contributed by atoms with van der Waals surface area (Å²) < 4.78 is 31.1. The lowest BCUT2D eigenvalue weighted by Crippen LogP contribution is -2.61. The van der Waals surface area contributed by atoms with Crippen molar-refractivity contribution in [1.82, 2.24) is 4.90 Å². The predicted octanol–water partition coefficient (Wildman–Crippen LogP) is 3.61. The maximum atomic E-state index is 14.0. The SMILES string of the molecule is CC[C@H]1OC(=O)[C@H](C)[C@@H](OC(=O)Cc2ccc([N+](=O)[O-])cc2)[C@H](C)[C@@H](O[C@@H]2O[C@H](C)C[C@H](N(C)CC)[C@H]2O)[C@](C)(OC)C[C@@H](C)C(=O)[C@H](C)[C@@H](O)[C@]1(C)O. The number of carbonyl (C=O) groups excluding carboxylic acids is 3. The summed E-state index contributed by atoms with van der Waals surface area (Å²) in [6.07, 6.45) is -7.44. The molecule has 0 aromatic heterocycles. The van der Waals surface area contributed by atoms with Crippen molar-refractivity contribution in [2.75, 3.05) is 20.7 Å². The Bertz CT molecular complexity index is 1440. The molecule has 2 saturated heterocycles. The smallest absolute Gasteiger partial charge is 0.312 e. The van der Waals surface area contributed by atoms with E-state index in [1.165, 1.54) is 52.1 Å². The number of benzene rings is 1. The molecule has 0 radical (unpaired) electrons. The Morgan fingerprint density at radius 2 is 1.67 bits per heavy atom. The zero-order valence-electron chi connectivity index (χ0n) is 33.6. The molecule has 15 nitrogen and oxygen atoms in total. The zero-order chi connectivity index (χ0) is 40.9. The van der Waals surface area contributed by atoms with E-state index in [4.69, 9.17) is 23.7 Å². The molecule has 2 aliphatic heterocycles. The van der Waals surface area contributed by atoms with E-state index < -0.39 is 88.5 Å². The zero-order valence-corrected chi connectivity index (χ0v) is 33.6. The van der Waals surface area contributed by atoms with E-state index in [1.807, 2.05) is 25.8 Å². The van der Waals surface area contributed by atoms with Gasteiger partial charge in [0.2, 0.25) is 0 Å². The number of aliphatic hydroxyl groups excluding tert-OH is 2. The summed E-state index contributed by atoms with van der Waals surface area (Å²) in [4.78, 5) is 54.3. The summed E-state index contributed by atoms with van der Waals surface area (Å²) in [7, 11) is 3.34. The van der Waals surface area contributed by atoms with Gasteiger partial charge in [0.25, 0.3) is 5.69 Å². The number of nitro groups is 1. The Kier molecular flexibility index (Phi) is 15.7. The molecule has 14 atom stereocenters. The fraction of sp³-hybridized carbons (Fsp3) is 0.769. The molecule has 0 bridgehead atoms. The van der Waals surface area contributed by atoms with Crippen LogP contribution in [-0.2, 0) is 44.5 Å². The van der Waals surface area contributed by atoms with Gasteiger partial charge in [-0.05, 0) is 66.1 Å². The highest BCUT2D eigenvalue weighted by Crippen LogP contribution is 2.40. The number of likely N-dealkylation sites (N-methyl/N-ethyl adjacent to an activating group) is 1. The maximum Gasteiger partial charge on any atom is 0.312 e. The van der Waals surface area contributed by atoms with Crippen molar-refractivity contribution >= 4 is 23.4 Å². The molecular formula is C39H62N2O13. The number of esters is 2. The second-order valence-corrected chi connectivity index (χ2v) is 15.8. The standard InChI is InChI=1S/C39H62N2O13/c1-12-29-39(9,47)34(45)23(5)31(43)21(3)20-38(8,50-11)35(54-37-32(44)28(40(10)13-2)18-22(4)51-37)24(6)33(25(7)36(46)52-29)53-30(42)19-26-14-16-27(17-15-26)41(48)49/h14-17,21-25,28-29,32-35,37,44-45,47H,12-13,18-20H2,1-11H3/t21-,22-,23+,24+,25-,28+,29-,32-,33+,34-,35-,37+,38-,39-/m1/s1. The molecule has 0 unspecified atom stereocenters. The van der Waals surface area contributed by atoms with E-state index in [1.54, 1.807) is 27.7 Å². The molecule has 0 saturated carbocycles. The number of rotatable bonds is 10. The Hall–Kier alpha value is -3.05. The van der Waals surface area contributed by atoms with E-state index in [2.05, 4.69) is 0 Å². The van der Waals surface area contributed by atoms with Crippen LogP contribution in [0.5, 0.6) is 0 Å². The molecule has 0 aliphatic carbocycles. The van der Waals surface area contributed by atoms with Gasteiger partial charge in [0.05, 0.1) is 41.2 Å². The summed E-state index contributed by atoms with van der Waals surface area (Å²) >= 11 is 0. The van der Waals surface area contributed by atoms with Gasteiger partial charge >= 0.3 is 11.9 Å². The Labute approximate surface area is 318 Å². The molecule has 0 amide bonds. The van der Waals surface area contributed by atoms with Crippen molar-refractivity contribution in [3.05, 3.63) is 39.9 Å². The van der Waals surface area contributed by atoms with Crippen molar-refractivity contribution < 1.29 is 58.3 Å². The molecule has 2 aliphatic rings. The lowest BCUT2D eigenvalue weighted by molar-refractivity contribution is -0.384. The molecular weight excluding hydrogens is 704 g/mol. The van der Waals surface area contributed by atoms with Crippen LogP contribution in [0.15, 0.2) is 24.3 Å². The number of ketones is 1. The van der Waals surface area contributed by atoms with Crippen molar-refractivity contribution in [2.24, 2.45) is 23.7 Å². The van der Waals surface area contributed by atoms with E-state index in [0.29, 0.717) is 18.5 Å². The van der Waals surface area contributed by atoms with E-state index in [0.717, 1.165) is 0 Å². The maximum absolute atomic E-state index is 14.0. The second-order valence-electron chi connectivity index (χ2n) is 15.8. The molecule has 54 heavy (non-hydrogen) atoms. The first-order chi connectivity index (χ1) is 25.1. The average Bonchev–Trinajstić information content (AvgIpc) is 3.13. The lowest BCUT2D eigenvalue weighted by atomic mass is 9.74. The molecule has 306 valence electrons. The number of nitro benzene ring substituents is 1. The fourth-order valence-corrected chi connectivity index (χ4v) is 8.04. The van der Waals surface area contributed by atoms with Gasteiger partial charge < -0.3 is 43.9 Å². The first-order valence-corrected chi connectivity index (χ1v) is 18.9. The third-order valence-corrected chi connectivity index (χ3v) is 11.6. The van der Waals surface area contributed by atoms with E-state index in [-0.39, 0.29) is 42.9 Å². The number of hydrogen-bond acceptors (Lipinski definition) is 14. The summed E-state index contributed by atoms with van der Waals surface area (Å²) in [6.45, 7) is 15.6. The number of non-ortho nitro benzene ring substituents is 1. The number of hydrogen-bond donors (Lipinski definition) is 3. The van der Waals surface area contributed by atoms with Crippen LogP contribution in [0.2, 0.25) is 0 Å². The number of carbonyl (C=O) groups is 3. The van der Waals surface area contributed by atoms with Gasteiger partial charge in [0, 0.05) is 43.0 Å². The first-order valence-electron chi connectivity index (χ1n) is 18.9. The summed E-state index contributed by atoms with van der Waals surface area (Å²) in [5.41, 5.74) is -3.09. The van der Waals surface area contributed by atoms with E-state index in [9.17, 15) is 39.8 Å². The quantitative estimate of drug-likeness (QED) is 0.177. The topological polar surface area (TPSA) is 204 Å². The van der Waals surface area contributed by atoms with Crippen LogP contribution < -0.4 is 0 Å². The van der Waals surface area contributed by atoms with Gasteiger partial charge in [-0.1, -0.05) is 46.8 Å². The highest BCUT2D eigenvalue weighted by molar-refractivity contribution is 5.83. The third-order valence-electron chi connectivity index (χ3n) is 11.6. The van der Waals surface area contributed by atoms with Crippen LogP contribution in [0.25, 0.3) is 0 Å². The van der Waals surface area contributed by atoms with Crippen LogP contribution in [0.4, 0.5) is 5.69 Å². The van der Waals surface area contributed by atoms with Gasteiger partial charge in [-0.25, -0.2) is 0 Å². The van der Waals surface area contributed by atoms with Crippen LogP contribution in [0.1, 0.15) is 87.1 Å². The highest BCUT2D eigenvalue weighted by atomic mass is 16.7. The molecule has 0 spiro atoms. The normalized spacial score (nSPS) is 38.7. The molecule has 3 rings (SSSR count). The molecule has 1 aromatic rings.